The fraction of sp³-hybridized carbons (Fsp3) is 0.571. The highest BCUT2D eigenvalue weighted by Gasteiger charge is 2.29. The molecule has 19 heavy (non-hydrogen) atoms. The minimum absolute atomic E-state index is 0.135. The van der Waals surface area contributed by atoms with Crippen molar-refractivity contribution in [2.24, 2.45) is 5.73 Å². The van der Waals surface area contributed by atoms with Crippen molar-refractivity contribution >= 4 is 23.5 Å². The van der Waals surface area contributed by atoms with E-state index in [2.05, 4.69) is 13.8 Å². The van der Waals surface area contributed by atoms with Gasteiger partial charge in [0.25, 0.3) is 0 Å². The largest absolute Gasteiger partial charge is 0.326 e. The molecule has 0 aromatic heterocycles. The van der Waals surface area contributed by atoms with Crippen molar-refractivity contribution in [1.82, 2.24) is 0 Å². The van der Waals surface area contributed by atoms with Gasteiger partial charge in [-0.15, -0.1) is 0 Å². The molecule has 4 atom stereocenters. The molecule has 1 aromatic rings. The number of hydrogen-bond acceptors (Lipinski definition) is 3. The molecule has 0 saturated carbocycles. The molecular weight excluding hydrogens is 284 g/mol. The summed E-state index contributed by atoms with van der Waals surface area (Å²) in [6.45, 7) is 4.42. The first kappa shape index (κ1) is 15.1. The van der Waals surface area contributed by atoms with Crippen molar-refractivity contribution in [3.8, 4) is 0 Å². The first-order valence-electron chi connectivity index (χ1n) is 6.44. The molecule has 1 nitrogen and oxygen atoms in total. The highest BCUT2D eigenvalue weighted by atomic mass is 32.2. The Bertz CT molecular complexity index is 441. The molecule has 2 N–H and O–H groups in total. The molecule has 2 rings (SSSR count). The van der Waals surface area contributed by atoms with Gasteiger partial charge in [0.1, 0.15) is 11.6 Å². The van der Waals surface area contributed by atoms with E-state index in [1.54, 1.807) is 0 Å². The Morgan fingerprint density at radius 3 is 2.74 bits per heavy atom. The van der Waals surface area contributed by atoms with Crippen molar-refractivity contribution in [2.75, 3.05) is 5.75 Å². The predicted molar refractivity (Wildman–Crippen MR) is 80.8 cm³/mol. The number of nitrogens with two attached hydrogens (primary N) is 1. The Kier molecular flexibility index (Phi) is 5.15. The molecule has 0 bridgehead atoms. The molecule has 1 saturated heterocycles. The van der Waals surface area contributed by atoms with Crippen LogP contribution in [0.1, 0.15) is 19.4 Å². The number of rotatable bonds is 3. The summed E-state index contributed by atoms with van der Waals surface area (Å²) in [6, 6.07) is 3.43. The van der Waals surface area contributed by atoms with Gasteiger partial charge in [0.05, 0.1) is 0 Å². The zero-order valence-electron chi connectivity index (χ0n) is 11.1. The second-order valence-electron chi connectivity index (χ2n) is 5.02. The summed E-state index contributed by atoms with van der Waals surface area (Å²) < 4.78 is 26.7. The van der Waals surface area contributed by atoms with Crippen LogP contribution in [0.4, 0.5) is 8.78 Å². The third-order valence-electron chi connectivity index (χ3n) is 3.51. The minimum atomic E-state index is -0.406. The van der Waals surface area contributed by atoms with Crippen LogP contribution in [0.2, 0.25) is 0 Å². The summed E-state index contributed by atoms with van der Waals surface area (Å²) in [6.07, 6.45) is 0.392. The van der Waals surface area contributed by atoms with E-state index in [0.717, 1.165) is 11.8 Å². The summed E-state index contributed by atoms with van der Waals surface area (Å²) in [5.74, 6) is 0.205. The number of benzene rings is 1. The van der Waals surface area contributed by atoms with Gasteiger partial charge in [0, 0.05) is 27.5 Å². The van der Waals surface area contributed by atoms with E-state index in [1.165, 1.54) is 12.1 Å². The normalized spacial score (nSPS) is 29.2. The average molecular weight is 303 g/mol. The van der Waals surface area contributed by atoms with Crippen LogP contribution in [-0.4, -0.2) is 27.5 Å². The third kappa shape index (κ3) is 3.86. The van der Waals surface area contributed by atoms with Crippen LogP contribution >= 0.6 is 23.5 Å². The van der Waals surface area contributed by atoms with Crippen LogP contribution in [0, 0.1) is 11.6 Å². The van der Waals surface area contributed by atoms with E-state index in [1.807, 2.05) is 23.5 Å². The van der Waals surface area contributed by atoms with Gasteiger partial charge < -0.3 is 5.73 Å². The highest BCUT2D eigenvalue weighted by Crippen LogP contribution is 2.37. The molecule has 1 aliphatic rings. The monoisotopic (exact) mass is 303 g/mol. The summed E-state index contributed by atoms with van der Waals surface area (Å²) in [5, 5.41) is 1.48. The minimum Gasteiger partial charge on any atom is -0.326 e. The molecule has 1 fully saturated rings. The van der Waals surface area contributed by atoms with Crippen molar-refractivity contribution in [3.63, 3.8) is 0 Å². The number of halogens is 2. The zero-order valence-corrected chi connectivity index (χ0v) is 12.7. The van der Waals surface area contributed by atoms with Gasteiger partial charge in [-0.3, -0.25) is 0 Å². The molecule has 0 spiro atoms. The van der Waals surface area contributed by atoms with Gasteiger partial charge in [-0.1, -0.05) is 13.8 Å². The van der Waals surface area contributed by atoms with E-state index in [4.69, 9.17) is 5.73 Å². The van der Waals surface area contributed by atoms with Gasteiger partial charge in [0.2, 0.25) is 0 Å². The Balaban J connectivity index is 2.01. The van der Waals surface area contributed by atoms with Gasteiger partial charge in [-0.2, -0.15) is 23.5 Å². The predicted octanol–water partition coefficient (Wildman–Crippen LogP) is 3.46. The summed E-state index contributed by atoms with van der Waals surface area (Å²) >= 11 is 3.78. The topological polar surface area (TPSA) is 26.0 Å². The van der Waals surface area contributed by atoms with E-state index >= 15 is 0 Å². The van der Waals surface area contributed by atoms with Crippen LogP contribution in [0.5, 0.6) is 0 Å². The smallest absolute Gasteiger partial charge is 0.126 e. The number of thioether (sulfide) groups is 2. The molecule has 106 valence electrons. The van der Waals surface area contributed by atoms with Crippen molar-refractivity contribution in [3.05, 3.63) is 35.4 Å². The molecule has 0 aliphatic carbocycles. The Morgan fingerprint density at radius 1 is 1.32 bits per heavy atom. The standard InChI is InChI=1S/C14H19F2NS2/c1-8-9(2)19-14(7-18-8)13(17)6-10-5-11(15)3-4-12(10)16/h3-5,8-9,13-14H,6-7,17H2,1-2H3. The maximum Gasteiger partial charge on any atom is 0.126 e. The van der Waals surface area contributed by atoms with E-state index in [-0.39, 0.29) is 11.9 Å². The SMILES string of the molecule is CC1SCC(C(N)Cc2cc(F)ccc2F)SC1C. The molecular formula is C14H19F2NS2. The second-order valence-corrected chi connectivity index (χ2v) is 8.05. The van der Waals surface area contributed by atoms with Crippen molar-refractivity contribution in [1.29, 1.82) is 0 Å². The molecule has 5 heteroatoms. The Morgan fingerprint density at radius 2 is 2.05 bits per heavy atom. The molecule has 1 aliphatic heterocycles. The maximum atomic E-state index is 13.6. The number of hydrogen-bond donors (Lipinski definition) is 1. The highest BCUT2D eigenvalue weighted by molar-refractivity contribution is 8.07. The maximum absolute atomic E-state index is 13.6. The first-order chi connectivity index (χ1) is 8.97. The summed E-state index contributed by atoms with van der Waals surface area (Å²) in [5.41, 5.74) is 6.56. The van der Waals surface area contributed by atoms with Gasteiger partial charge in [0.15, 0.2) is 0 Å². The van der Waals surface area contributed by atoms with E-state index < -0.39 is 5.82 Å². The van der Waals surface area contributed by atoms with Crippen molar-refractivity contribution < 1.29 is 8.78 Å². The summed E-state index contributed by atoms with van der Waals surface area (Å²) in [4.78, 5) is 0. The van der Waals surface area contributed by atoms with Gasteiger partial charge in [-0.25, -0.2) is 8.78 Å². The Labute approximate surface area is 121 Å². The average Bonchev–Trinajstić information content (AvgIpc) is 2.37. The molecule has 1 heterocycles. The summed E-state index contributed by atoms with van der Waals surface area (Å²) in [7, 11) is 0. The lowest BCUT2D eigenvalue weighted by Crippen LogP contribution is -2.41. The van der Waals surface area contributed by atoms with E-state index in [0.29, 0.717) is 27.7 Å². The lowest BCUT2D eigenvalue weighted by molar-refractivity contribution is 0.565. The van der Waals surface area contributed by atoms with E-state index in [9.17, 15) is 8.78 Å². The fourth-order valence-corrected chi connectivity index (χ4v) is 5.18. The van der Waals surface area contributed by atoms with Crippen LogP contribution in [0.25, 0.3) is 0 Å². The van der Waals surface area contributed by atoms with Crippen LogP contribution in [-0.2, 0) is 6.42 Å². The van der Waals surface area contributed by atoms with Gasteiger partial charge >= 0.3 is 0 Å². The zero-order chi connectivity index (χ0) is 14.0. The lowest BCUT2D eigenvalue weighted by Gasteiger charge is -2.34. The van der Waals surface area contributed by atoms with Crippen molar-refractivity contribution in [2.45, 2.75) is 42.1 Å². The molecule has 1 aromatic carbocycles. The van der Waals surface area contributed by atoms with Gasteiger partial charge in [-0.05, 0) is 30.2 Å². The first-order valence-corrected chi connectivity index (χ1v) is 8.43. The lowest BCUT2D eigenvalue weighted by atomic mass is 10.0. The third-order valence-corrected chi connectivity index (χ3v) is 7.09. The van der Waals surface area contributed by atoms with Crippen LogP contribution in [0.3, 0.4) is 0 Å². The second kappa shape index (κ2) is 6.46. The molecule has 4 unspecified atom stereocenters. The van der Waals surface area contributed by atoms with Crippen LogP contribution in [0.15, 0.2) is 18.2 Å². The fourth-order valence-electron chi connectivity index (χ4n) is 2.12. The molecule has 0 amide bonds. The quantitative estimate of drug-likeness (QED) is 0.926. The molecule has 0 radical (unpaired) electrons. The Hall–Kier alpha value is -0.260. The van der Waals surface area contributed by atoms with Crippen LogP contribution < -0.4 is 5.73 Å².